The molecule has 0 aliphatic heterocycles. The van der Waals surface area contributed by atoms with Gasteiger partial charge in [0.1, 0.15) is 0 Å². The van der Waals surface area contributed by atoms with E-state index in [1.165, 1.54) is 11.1 Å². The molecule has 1 N–H and O–H groups in total. The maximum absolute atomic E-state index is 4.36. The summed E-state index contributed by atoms with van der Waals surface area (Å²) in [6.07, 6.45) is 0. The predicted octanol–water partition coefficient (Wildman–Crippen LogP) is 3.90. The predicted molar refractivity (Wildman–Crippen MR) is 78.6 cm³/mol. The molecule has 1 aromatic heterocycles. The molecule has 18 heavy (non-hydrogen) atoms. The first-order chi connectivity index (χ1) is 8.56. The van der Waals surface area contributed by atoms with Crippen LogP contribution in [-0.4, -0.2) is 10.7 Å². The zero-order valence-electron chi connectivity index (χ0n) is 11.1. The first-order valence-corrected chi connectivity index (χ1v) is 6.74. The van der Waals surface area contributed by atoms with Crippen LogP contribution in [0, 0.1) is 20.8 Å². The van der Waals surface area contributed by atoms with Crippen LogP contribution in [0.15, 0.2) is 28.7 Å². The number of benzene rings is 1. The third-order valence-corrected chi connectivity index (χ3v) is 3.73. The van der Waals surface area contributed by atoms with E-state index in [1.54, 1.807) is 11.3 Å². The minimum absolute atomic E-state index is 0.829. The average Bonchev–Trinajstić information content (AvgIpc) is 2.75. The van der Waals surface area contributed by atoms with Gasteiger partial charge in [-0.2, -0.15) is 5.10 Å². The van der Waals surface area contributed by atoms with Gasteiger partial charge in [-0.1, -0.05) is 12.1 Å². The maximum Gasteiger partial charge on any atom is 0.203 e. The summed E-state index contributed by atoms with van der Waals surface area (Å²) in [6, 6.07) is 6.37. The van der Waals surface area contributed by atoms with E-state index < -0.39 is 0 Å². The summed E-state index contributed by atoms with van der Waals surface area (Å²) < 4.78 is 0. The highest BCUT2D eigenvalue weighted by atomic mass is 32.1. The second-order valence-corrected chi connectivity index (χ2v) is 5.26. The number of hydrazone groups is 1. The van der Waals surface area contributed by atoms with E-state index >= 15 is 0 Å². The molecule has 0 saturated heterocycles. The SMILES string of the molecule is C/C(=N\Nc1nc(C)cs1)c1ccc(C)c(C)c1. The van der Waals surface area contributed by atoms with E-state index in [4.69, 9.17) is 0 Å². The highest BCUT2D eigenvalue weighted by Gasteiger charge is 2.01. The van der Waals surface area contributed by atoms with E-state index in [0.29, 0.717) is 0 Å². The summed E-state index contributed by atoms with van der Waals surface area (Å²) in [5.74, 6) is 0. The molecule has 1 aromatic carbocycles. The second kappa shape index (κ2) is 5.31. The van der Waals surface area contributed by atoms with Crippen molar-refractivity contribution >= 4 is 22.2 Å². The van der Waals surface area contributed by atoms with Gasteiger partial charge in [0.25, 0.3) is 0 Å². The van der Waals surface area contributed by atoms with Gasteiger partial charge in [-0.25, -0.2) is 4.98 Å². The molecule has 2 aromatic rings. The van der Waals surface area contributed by atoms with Crippen molar-refractivity contribution in [1.82, 2.24) is 4.98 Å². The van der Waals surface area contributed by atoms with Gasteiger partial charge in [0.05, 0.1) is 11.4 Å². The Bertz CT molecular complexity index is 584. The molecule has 0 atom stereocenters. The molecule has 3 nitrogen and oxygen atoms in total. The molecule has 0 radical (unpaired) electrons. The number of nitrogens with one attached hydrogen (secondary N) is 1. The minimum Gasteiger partial charge on any atom is -0.252 e. The average molecular weight is 259 g/mol. The van der Waals surface area contributed by atoms with Gasteiger partial charge >= 0.3 is 0 Å². The van der Waals surface area contributed by atoms with Crippen molar-refractivity contribution in [2.24, 2.45) is 5.10 Å². The lowest BCUT2D eigenvalue weighted by Gasteiger charge is -2.05. The fraction of sp³-hybridized carbons (Fsp3) is 0.286. The third kappa shape index (κ3) is 2.96. The molecule has 1 heterocycles. The monoisotopic (exact) mass is 259 g/mol. The number of hydrogen-bond donors (Lipinski definition) is 1. The number of nitrogens with zero attached hydrogens (tertiary/aromatic N) is 2. The Kier molecular flexibility index (Phi) is 3.77. The quantitative estimate of drug-likeness (QED) is 0.670. The van der Waals surface area contributed by atoms with Gasteiger partial charge < -0.3 is 0 Å². The van der Waals surface area contributed by atoms with Crippen molar-refractivity contribution in [3.05, 3.63) is 46.0 Å². The molecule has 94 valence electrons. The third-order valence-electron chi connectivity index (χ3n) is 2.86. The Hall–Kier alpha value is -1.68. The van der Waals surface area contributed by atoms with Crippen molar-refractivity contribution < 1.29 is 0 Å². The summed E-state index contributed by atoms with van der Waals surface area (Å²) in [6.45, 7) is 8.20. The Morgan fingerprint density at radius 2 is 2.00 bits per heavy atom. The summed E-state index contributed by atoms with van der Waals surface area (Å²) in [4.78, 5) is 4.31. The van der Waals surface area contributed by atoms with Gasteiger partial charge in [-0.15, -0.1) is 11.3 Å². The molecule has 0 fully saturated rings. The molecule has 0 unspecified atom stereocenters. The van der Waals surface area contributed by atoms with Crippen LogP contribution in [0.3, 0.4) is 0 Å². The summed E-state index contributed by atoms with van der Waals surface area (Å²) in [5.41, 5.74) is 8.70. The first kappa shape index (κ1) is 12.8. The Morgan fingerprint density at radius 3 is 2.61 bits per heavy atom. The number of hydrogen-bond acceptors (Lipinski definition) is 4. The first-order valence-electron chi connectivity index (χ1n) is 5.86. The van der Waals surface area contributed by atoms with E-state index in [9.17, 15) is 0 Å². The number of rotatable bonds is 3. The molecule has 0 amide bonds. The lowest BCUT2D eigenvalue weighted by atomic mass is 10.0. The normalized spacial score (nSPS) is 11.7. The van der Waals surface area contributed by atoms with Gasteiger partial charge in [-0.3, -0.25) is 5.43 Å². The largest absolute Gasteiger partial charge is 0.252 e. The molecular formula is C14H17N3S. The van der Waals surface area contributed by atoms with Crippen LogP contribution in [0.2, 0.25) is 0 Å². The molecule has 0 aliphatic rings. The molecule has 0 aliphatic carbocycles. The van der Waals surface area contributed by atoms with E-state index in [-0.39, 0.29) is 0 Å². The van der Waals surface area contributed by atoms with Crippen LogP contribution in [0.4, 0.5) is 5.13 Å². The number of aromatic nitrogens is 1. The lowest BCUT2D eigenvalue weighted by molar-refractivity contribution is 1.21. The van der Waals surface area contributed by atoms with Crippen LogP contribution in [0.25, 0.3) is 0 Å². The van der Waals surface area contributed by atoms with Crippen molar-refractivity contribution in [1.29, 1.82) is 0 Å². The van der Waals surface area contributed by atoms with Gasteiger partial charge in [0.15, 0.2) is 0 Å². The van der Waals surface area contributed by atoms with Crippen molar-refractivity contribution in [2.75, 3.05) is 5.43 Å². The van der Waals surface area contributed by atoms with Crippen LogP contribution < -0.4 is 5.43 Å². The summed E-state index contributed by atoms with van der Waals surface area (Å²) >= 11 is 1.56. The molecule has 0 bridgehead atoms. The van der Waals surface area contributed by atoms with Crippen molar-refractivity contribution in [2.45, 2.75) is 27.7 Å². The van der Waals surface area contributed by atoms with Gasteiger partial charge in [0.2, 0.25) is 5.13 Å². The lowest BCUT2D eigenvalue weighted by Crippen LogP contribution is -2.00. The maximum atomic E-state index is 4.36. The van der Waals surface area contributed by atoms with Crippen molar-refractivity contribution in [3.63, 3.8) is 0 Å². The molecule has 4 heteroatoms. The summed E-state index contributed by atoms with van der Waals surface area (Å²) in [5, 5.41) is 7.20. The number of anilines is 1. The fourth-order valence-electron chi connectivity index (χ4n) is 1.57. The second-order valence-electron chi connectivity index (χ2n) is 4.40. The van der Waals surface area contributed by atoms with Gasteiger partial charge in [-0.05, 0) is 50.5 Å². The van der Waals surface area contributed by atoms with Crippen LogP contribution >= 0.6 is 11.3 Å². The number of thiazole rings is 1. The topological polar surface area (TPSA) is 37.3 Å². The van der Waals surface area contributed by atoms with Gasteiger partial charge in [0, 0.05) is 5.38 Å². The zero-order chi connectivity index (χ0) is 13.1. The Morgan fingerprint density at radius 1 is 1.22 bits per heavy atom. The zero-order valence-corrected chi connectivity index (χ0v) is 11.9. The van der Waals surface area contributed by atoms with E-state index in [2.05, 4.69) is 47.6 Å². The smallest absolute Gasteiger partial charge is 0.203 e. The molecular weight excluding hydrogens is 242 g/mol. The van der Waals surface area contributed by atoms with E-state index in [1.807, 2.05) is 19.2 Å². The van der Waals surface area contributed by atoms with Crippen molar-refractivity contribution in [3.8, 4) is 0 Å². The van der Waals surface area contributed by atoms with E-state index in [0.717, 1.165) is 22.1 Å². The van der Waals surface area contributed by atoms with Crippen LogP contribution in [-0.2, 0) is 0 Å². The van der Waals surface area contributed by atoms with Crippen LogP contribution in [0.5, 0.6) is 0 Å². The minimum atomic E-state index is 0.829. The highest BCUT2D eigenvalue weighted by molar-refractivity contribution is 7.13. The number of aryl methyl sites for hydroxylation is 3. The fourth-order valence-corrected chi connectivity index (χ4v) is 2.20. The Balaban J connectivity index is 2.15. The molecule has 0 spiro atoms. The summed E-state index contributed by atoms with van der Waals surface area (Å²) in [7, 11) is 0. The molecule has 2 rings (SSSR count). The molecule has 0 saturated carbocycles. The van der Waals surface area contributed by atoms with Crippen LogP contribution in [0.1, 0.15) is 29.3 Å². The standard InChI is InChI=1S/C14H17N3S/c1-9-5-6-13(7-10(9)2)12(4)16-17-14-15-11(3)8-18-14/h5-8H,1-4H3,(H,15,17)/b16-12+. The highest BCUT2D eigenvalue weighted by Crippen LogP contribution is 2.15. The Labute approximate surface area is 112 Å².